The molecule has 8 nitrogen and oxygen atoms in total. The van der Waals surface area contributed by atoms with Gasteiger partial charge in [-0.25, -0.2) is 0 Å². The number of aryl methyl sites for hydroxylation is 2. The molecule has 8 heteroatoms. The highest BCUT2D eigenvalue weighted by Crippen LogP contribution is 2.27. The van der Waals surface area contributed by atoms with Gasteiger partial charge in [0.05, 0.1) is 24.4 Å². The van der Waals surface area contributed by atoms with Gasteiger partial charge >= 0.3 is 0 Å². The van der Waals surface area contributed by atoms with Gasteiger partial charge in [-0.05, 0) is 45.6 Å². The van der Waals surface area contributed by atoms with Gasteiger partial charge in [0.25, 0.3) is 0 Å². The molecule has 0 unspecified atom stereocenters. The van der Waals surface area contributed by atoms with E-state index in [4.69, 9.17) is 9.84 Å². The first-order valence-electron chi connectivity index (χ1n) is 9.75. The third kappa shape index (κ3) is 6.32. The van der Waals surface area contributed by atoms with Crippen molar-refractivity contribution in [3.8, 4) is 0 Å². The Morgan fingerprint density at radius 1 is 1.37 bits per heavy atom. The number of nitrogens with zero attached hydrogens (tertiary/aromatic N) is 2. The molecule has 1 aromatic rings. The van der Waals surface area contributed by atoms with Crippen molar-refractivity contribution in [1.29, 1.82) is 0 Å². The summed E-state index contributed by atoms with van der Waals surface area (Å²) in [7, 11) is 0. The van der Waals surface area contributed by atoms with Crippen LogP contribution in [0.5, 0.6) is 0 Å². The smallest absolute Gasteiger partial charge is 0.246 e. The quantitative estimate of drug-likeness (QED) is 0.584. The SMILES string of the molecule is CCCO[C@@H]1CC[C@H](C(=O)NCCn2nc(C)cc2C)C[C@H]1NC(=O)CO. The predicted octanol–water partition coefficient (Wildman–Crippen LogP) is 0.689. The van der Waals surface area contributed by atoms with Crippen LogP contribution in [0.4, 0.5) is 0 Å². The van der Waals surface area contributed by atoms with E-state index in [1.807, 2.05) is 31.5 Å². The largest absolute Gasteiger partial charge is 0.387 e. The zero-order valence-electron chi connectivity index (χ0n) is 16.5. The molecule has 2 rings (SSSR count). The topological polar surface area (TPSA) is 105 Å². The lowest BCUT2D eigenvalue weighted by Crippen LogP contribution is -2.51. The maximum Gasteiger partial charge on any atom is 0.246 e. The number of ether oxygens (including phenoxy) is 1. The molecular formula is C19H32N4O4. The molecule has 3 atom stereocenters. The van der Waals surface area contributed by atoms with Crippen LogP contribution in [0.25, 0.3) is 0 Å². The summed E-state index contributed by atoms with van der Waals surface area (Å²) in [6.07, 6.45) is 2.75. The highest BCUT2D eigenvalue weighted by atomic mass is 16.5. The number of hydrogen-bond acceptors (Lipinski definition) is 5. The van der Waals surface area contributed by atoms with Gasteiger partial charge in [0.15, 0.2) is 0 Å². The highest BCUT2D eigenvalue weighted by Gasteiger charge is 2.35. The first-order valence-corrected chi connectivity index (χ1v) is 9.75. The van der Waals surface area contributed by atoms with Crippen LogP contribution in [-0.2, 0) is 20.9 Å². The first-order chi connectivity index (χ1) is 12.9. The molecule has 0 bridgehead atoms. The molecule has 1 saturated carbocycles. The van der Waals surface area contributed by atoms with E-state index in [9.17, 15) is 9.59 Å². The number of rotatable bonds is 9. The Hall–Kier alpha value is -1.93. The lowest BCUT2D eigenvalue weighted by Gasteiger charge is -2.35. The number of carbonyl (C=O) groups excluding carboxylic acids is 2. The van der Waals surface area contributed by atoms with E-state index in [-0.39, 0.29) is 24.0 Å². The minimum atomic E-state index is -0.559. The van der Waals surface area contributed by atoms with E-state index in [0.717, 1.165) is 24.2 Å². The van der Waals surface area contributed by atoms with Crippen LogP contribution in [0.15, 0.2) is 6.07 Å². The Labute approximate surface area is 160 Å². The van der Waals surface area contributed by atoms with Crippen molar-refractivity contribution < 1.29 is 19.4 Å². The van der Waals surface area contributed by atoms with Gasteiger partial charge in [-0.3, -0.25) is 14.3 Å². The molecule has 0 radical (unpaired) electrons. The normalized spacial score (nSPS) is 22.4. The molecule has 1 heterocycles. The third-order valence-corrected chi connectivity index (χ3v) is 4.91. The van der Waals surface area contributed by atoms with E-state index in [2.05, 4.69) is 15.7 Å². The second-order valence-corrected chi connectivity index (χ2v) is 7.19. The summed E-state index contributed by atoms with van der Waals surface area (Å²) >= 11 is 0. The maximum atomic E-state index is 12.6. The lowest BCUT2D eigenvalue weighted by atomic mass is 9.83. The standard InChI is InChI=1S/C19H32N4O4/c1-4-9-27-17-6-5-15(11-16(17)21-18(25)12-24)19(26)20-7-8-23-14(3)10-13(2)22-23/h10,15-17,24H,4-9,11-12H2,1-3H3,(H,20,26)(H,21,25)/t15-,16+,17+/m0/s1. The van der Waals surface area contributed by atoms with Crippen LogP contribution in [0, 0.1) is 19.8 Å². The Balaban J connectivity index is 1.86. The van der Waals surface area contributed by atoms with Crippen LogP contribution in [0.1, 0.15) is 44.0 Å². The van der Waals surface area contributed by atoms with Gasteiger partial charge in [-0.2, -0.15) is 5.10 Å². The molecule has 1 aliphatic carbocycles. The fourth-order valence-electron chi connectivity index (χ4n) is 3.58. The molecule has 152 valence electrons. The van der Waals surface area contributed by atoms with Crippen LogP contribution in [0.3, 0.4) is 0 Å². The molecule has 27 heavy (non-hydrogen) atoms. The highest BCUT2D eigenvalue weighted by molar-refractivity contribution is 5.79. The molecular weight excluding hydrogens is 348 g/mol. The van der Waals surface area contributed by atoms with E-state index < -0.39 is 12.5 Å². The van der Waals surface area contributed by atoms with Gasteiger partial charge in [-0.15, -0.1) is 0 Å². The van der Waals surface area contributed by atoms with Crippen molar-refractivity contribution in [3.63, 3.8) is 0 Å². The molecule has 0 saturated heterocycles. The molecule has 3 N–H and O–H groups in total. The van der Waals surface area contributed by atoms with E-state index >= 15 is 0 Å². The van der Waals surface area contributed by atoms with E-state index in [1.54, 1.807) is 0 Å². The molecule has 0 aromatic carbocycles. The van der Waals surface area contributed by atoms with Crippen molar-refractivity contribution in [2.24, 2.45) is 5.92 Å². The summed E-state index contributed by atoms with van der Waals surface area (Å²) in [6, 6.07) is 1.75. The first kappa shape index (κ1) is 21.4. The van der Waals surface area contributed by atoms with Crippen molar-refractivity contribution >= 4 is 11.8 Å². The summed E-state index contributed by atoms with van der Waals surface area (Å²) in [5.41, 5.74) is 2.04. The summed E-state index contributed by atoms with van der Waals surface area (Å²) in [5, 5.41) is 19.2. The molecule has 2 amide bonds. The number of aliphatic hydroxyl groups excluding tert-OH is 1. The monoisotopic (exact) mass is 380 g/mol. The fourth-order valence-corrected chi connectivity index (χ4v) is 3.58. The molecule has 1 aliphatic rings. The van der Waals surface area contributed by atoms with E-state index in [0.29, 0.717) is 32.5 Å². The van der Waals surface area contributed by atoms with Gasteiger partial charge < -0.3 is 20.5 Å². The number of hydrogen-bond donors (Lipinski definition) is 3. The van der Waals surface area contributed by atoms with Crippen molar-refractivity contribution in [1.82, 2.24) is 20.4 Å². The van der Waals surface area contributed by atoms with E-state index in [1.165, 1.54) is 0 Å². The fraction of sp³-hybridized carbons (Fsp3) is 0.737. The molecule has 0 aliphatic heterocycles. The van der Waals surface area contributed by atoms with Crippen LogP contribution < -0.4 is 10.6 Å². The Bertz CT molecular complexity index is 631. The Kier molecular flexibility index (Phi) is 8.24. The summed E-state index contributed by atoms with van der Waals surface area (Å²) in [6.45, 7) is 7.18. The number of aromatic nitrogens is 2. The van der Waals surface area contributed by atoms with Crippen molar-refractivity contribution in [3.05, 3.63) is 17.5 Å². The zero-order valence-corrected chi connectivity index (χ0v) is 16.5. The number of amides is 2. The average molecular weight is 380 g/mol. The van der Waals surface area contributed by atoms with Crippen LogP contribution >= 0.6 is 0 Å². The minimum absolute atomic E-state index is 0.00581. The second-order valence-electron chi connectivity index (χ2n) is 7.19. The number of aliphatic hydroxyl groups is 1. The molecule has 0 spiro atoms. The van der Waals surface area contributed by atoms with Crippen LogP contribution in [-0.4, -0.2) is 58.6 Å². The second kappa shape index (κ2) is 10.4. The Morgan fingerprint density at radius 2 is 2.15 bits per heavy atom. The van der Waals surface area contributed by atoms with Crippen LogP contribution in [0.2, 0.25) is 0 Å². The van der Waals surface area contributed by atoms with Gasteiger partial charge in [0.1, 0.15) is 6.61 Å². The minimum Gasteiger partial charge on any atom is -0.387 e. The maximum absolute atomic E-state index is 12.6. The average Bonchev–Trinajstić information content (AvgIpc) is 2.97. The number of nitrogens with one attached hydrogen (secondary N) is 2. The zero-order chi connectivity index (χ0) is 19.8. The third-order valence-electron chi connectivity index (χ3n) is 4.91. The van der Waals surface area contributed by atoms with Gasteiger partial charge in [0, 0.05) is 24.8 Å². The predicted molar refractivity (Wildman–Crippen MR) is 101 cm³/mol. The molecule has 1 fully saturated rings. The van der Waals surface area contributed by atoms with Crippen molar-refractivity contribution in [2.75, 3.05) is 19.8 Å². The summed E-state index contributed by atoms with van der Waals surface area (Å²) < 4.78 is 7.72. The Morgan fingerprint density at radius 3 is 2.78 bits per heavy atom. The molecule has 1 aromatic heterocycles. The number of carbonyl (C=O) groups is 2. The lowest BCUT2D eigenvalue weighted by molar-refractivity contribution is -0.131. The van der Waals surface area contributed by atoms with Crippen molar-refractivity contribution in [2.45, 2.75) is 65.1 Å². The van der Waals surface area contributed by atoms with Gasteiger partial charge in [0.2, 0.25) is 11.8 Å². The summed E-state index contributed by atoms with van der Waals surface area (Å²) in [4.78, 5) is 24.2. The summed E-state index contributed by atoms with van der Waals surface area (Å²) in [5.74, 6) is -0.611. The van der Waals surface area contributed by atoms with Gasteiger partial charge in [-0.1, -0.05) is 6.92 Å².